The molecular formula is C21H19F3N6O7S3. The number of carboxylic acid groups (broad SMARTS) is 1. The van der Waals surface area contributed by atoms with Gasteiger partial charge in [-0.15, -0.1) is 23.1 Å². The zero-order chi connectivity index (χ0) is 29.2. The molecule has 0 radical (unpaired) electrons. The molecule has 19 heteroatoms. The van der Waals surface area contributed by atoms with Crippen LogP contribution in [-0.2, 0) is 14.4 Å². The number of hydrogen-bond acceptors (Lipinski definition) is 10. The minimum Gasteiger partial charge on any atom is -0.591 e. The first-order valence-electron chi connectivity index (χ1n) is 11.1. The molecule has 2 aromatic heterocycles. The van der Waals surface area contributed by atoms with Crippen molar-refractivity contribution >= 4 is 58.7 Å². The third-order valence-electron chi connectivity index (χ3n) is 5.52. The van der Waals surface area contributed by atoms with Crippen LogP contribution in [-0.4, -0.2) is 79.7 Å². The number of β-lactam (4-membered cyclic amide) rings is 1. The van der Waals surface area contributed by atoms with Gasteiger partial charge >= 0.3 is 24.1 Å². The Morgan fingerprint density at radius 2 is 2.05 bits per heavy atom. The lowest BCUT2D eigenvalue weighted by molar-refractivity contribution is -0.679. The maximum absolute atomic E-state index is 13.1. The van der Waals surface area contributed by atoms with Crippen molar-refractivity contribution in [3.05, 3.63) is 51.0 Å². The summed E-state index contributed by atoms with van der Waals surface area (Å²) < 4.78 is 37.4. The minimum atomic E-state index is -4.66. The fraction of sp³-hybridized carbons (Fsp3) is 0.333. The zero-order valence-electron chi connectivity index (χ0n) is 19.9. The predicted octanol–water partition coefficient (Wildman–Crippen LogP) is 0.916. The number of carbonyl (C=O) groups excluding carboxylic acids is 3. The Morgan fingerprint density at radius 1 is 1.30 bits per heavy atom. The SMILES string of the molecule is O=C(NCC(F)(F)F)NC(C(=O)N[C@H]1C(=O)N2C(C(=O)O)=C(CSc3ccc(O)[n+]([O-])n3)CSC12)c1cccs1. The van der Waals surface area contributed by atoms with E-state index in [4.69, 9.17) is 0 Å². The van der Waals surface area contributed by atoms with Crippen molar-refractivity contribution in [1.82, 2.24) is 25.9 Å². The number of aliphatic carboxylic acids is 1. The minimum absolute atomic E-state index is 0.00493. The molecule has 0 aromatic carbocycles. The van der Waals surface area contributed by atoms with Gasteiger partial charge in [0.1, 0.15) is 29.7 Å². The first-order valence-corrected chi connectivity index (χ1v) is 14.0. The van der Waals surface area contributed by atoms with Gasteiger partial charge in [-0.05, 0) is 27.9 Å². The molecule has 4 amide bonds. The number of thiophene rings is 1. The number of aromatic hydroxyl groups is 1. The van der Waals surface area contributed by atoms with Crippen LogP contribution in [0.2, 0.25) is 0 Å². The molecule has 1 saturated heterocycles. The molecule has 0 aliphatic carbocycles. The Balaban J connectivity index is 1.44. The van der Waals surface area contributed by atoms with Crippen LogP contribution in [0.5, 0.6) is 5.88 Å². The number of nitrogens with zero attached hydrogens (tertiary/aromatic N) is 3. The van der Waals surface area contributed by atoms with Gasteiger partial charge in [0.15, 0.2) is 5.03 Å². The Kier molecular flexibility index (Phi) is 8.64. The van der Waals surface area contributed by atoms with E-state index in [1.807, 2.05) is 0 Å². The Labute approximate surface area is 235 Å². The number of amides is 4. The summed E-state index contributed by atoms with van der Waals surface area (Å²) in [5.41, 5.74) is 0.0867. The van der Waals surface area contributed by atoms with E-state index in [-0.39, 0.29) is 27.1 Å². The van der Waals surface area contributed by atoms with Crippen molar-refractivity contribution in [2.75, 3.05) is 18.1 Å². The average Bonchev–Trinajstić information content (AvgIpc) is 3.43. The van der Waals surface area contributed by atoms with Crippen LogP contribution in [0.1, 0.15) is 10.9 Å². The molecule has 4 heterocycles. The van der Waals surface area contributed by atoms with Crippen molar-refractivity contribution in [3.8, 4) is 5.88 Å². The van der Waals surface area contributed by atoms with Crippen molar-refractivity contribution in [3.63, 3.8) is 0 Å². The first-order chi connectivity index (χ1) is 18.9. The summed E-state index contributed by atoms with van der Waals surface area (Å²) in [6.07, 6.45) is -4.66. The van der Waals surface area contributed by atoms with Gasteiger partial charge in [0.05, 0.1) is 6.07 Å². The quantitative estimate of drug-likeness (QED) is 0.117. The maximum Gasteiger partial charge on any atom is 0.405 e. The lowest BCUT2D eigenvalue weighted by Crippen LogP contribution is -2.71. The molecule has 2 aliphatic rings. The highest BCUT2D eigenvalue weighted by Gasteiger charge is 2.54. The largest absolute Gasteiger partial charge is 0.591 e. The number of rotatable bonds is 9. The Morgan fingerprint density at radius 3 is 2.67 bits per heavy atom. The van der Waals surface area contributed by atoms with Crippen LogP contribution in [0.15, 0.2) is 45.9 Å². The molecule has 5 N–H and O–H groups in total. The van der Waals surface area contributed by atoms with Crippen molar-refractivity contribution in [1.29, 1.82) is 0 Å². The van der Waals surface area contributed by atoms with Crippen LogP contribution in [0, 0.1) is 5.21 Å². The van der Waals surface area contributed by atoms with Gasteiger partial charge < -0.3 is 31.4 Å². The predicted molar refractivity (Wildman–Crippen MR) is 135 cm³/mol. The highest BCUT2D eigenvalue weighted by molar-refractivity contribution is 8.01. The number of aromatic nitrogens is 2. The maximum atomic E-state index is 13.1. The van der Waals surface area contributed by atoms with E-state index >= 15 is 0 Å². The van der Waals surface area contributed by atoms with E-state index in [9.17, 15) is 47.8 Å². The molecule has 13 nitrogen and oxygen atoms in total. The van der Waals surface area contributed by atoms with Gasteiger partial charge in [-0.2, -0.15) is 13.2 Å². The summed E-state index contributed by atoms with van der Waals surface area (Å²) in [4.78, 5) is 51.5. The second kappa shape index (κ2) is 11.8. The van der Waals surface area contributed by atoms with Gasteiger partial charge in [0.25, 0.3) is 5.91 Å². The van der Waals surface area contributed by atoms with E-state index in [1.54, 1.807) is 16.8 Å². The van der Waals surface area contributed by atoms with Crippen LogP contribution >= 0.6 is 34.9 Å². The van der Waals surface area contributed by atoms with Crippen molar-refractivity contribution in [2.45, 2.75) is 28.7 Å². The molecule has 2 aromatic rings. The summed E-state index contributed by atoms with van der Waals surface area (Å²) in [5, 5.41) is 41.5. The summed E-state index contributed by atoms with van der Waals surface area (Å²) in [7, 11) is 0. The number of fused-ring (bicyclic) bond motifs is 1. The molecule has 2 unspecified atom stereocenters. The summed E-state index contributed by atoms with van der Waals surface area (Å²) in [6, 6.07) is 1.74. The summed E-state index contributed by atoms with van der Waals surface area (Å²) >= 11 is 3.26. The molecular weight excluding hydrogens is 601 g/mol. The van der Waals surface area contributed by atoms with Crippen LogP contribution in [0.3, 0.4) is 0 Å². The summed E-state index contributed by atoms with van der Waals surface area (Å²) in [5.74, 6) is -3.35. The highest BCUT2D eigenvalue weighted by Crippen LogP contribution is 2.41. The van der Waals surface area contributed by atoms with Gasteiger partial charge in [-0.3, -0.25) is 14.5 Å². The van der Waals surface area contributed by atoms with Crippen LogP contribution < -0.4 is 20.8 Å². The zero-order valence-corrected chi connectivity index (χ0v) is 22.3. The van der Waals surface area contributed by atoms with Gasteiger partial charge in [0, 0.05) is 21.5 Å². The van der Waals surface area contributed by atoms with Gasteiger partial charge in [0.2, 0.25) is 5.91 Å². The number of thioether (sulfide) groups is 2. The molecule has 0 spiro atoms. The van der Waals surface area contributed by atoms with Crippen LogP contribution in [0.25, 0.3) is 0 Å². The number of hydrogen-bond donors (Lipinski definition) is 5. The molecule has 0 saturated carbocycles. The normalized spacial score (nSPS) is 19.4. The topological polar surface area (TPSA) is 188 Å². The molecule has 3 atom stereocenters. The van der Waals surface area contributed by atoms with E-state index in [0.29, 0.717) is 10.5 Å². The van der Waals surface area contributed by atoms with Crippen molar-refractivity contribution < 1.29 is 47.4 Å². The standard InChI is InChI=1S/C21H19F3N6O7S3/c22-21(23,24)8-25-20(36)27-13(10-2-1-5-38-10)16(32)26-14-17(33)29-15(19(34)35)9(7-40-18(14)29)6-39-11-3-4-12(31)30(37)28-11/h1-5,13-14,18,31H,6-8H2,(H,26,32)(H,34,35)(H2,25,27,36)/t13?,14-,18?/m0/s1. The van der Waals surface area contributed by atoms with Gasteiger partial charge in [-0.1, -0.05) is 17.8 Å². The number of nitrogens with one attached hydrogen (secondary N) is 3. The van der Waals surface area contributed by atoms with E-state index in [1.165, 1.54) is 23.9 Å². The van der Waals surface area contributed by atoms with Crippen LogP contribution in [0.4, 0.5) is 18.0 Å². The molecule has 2 aliphatic heterocycles. The average molecular weight is 621 g/mol. The van der Waals surface area contributed by atoms with Crippen molar-refractivity contribution in [2.24, 2.45) is 0 Å². The van der Waals surface area contributed by atoms with E-state index in [2.05, 4.69) is 15.7 Å². The molecule has 0 bridgehead atoms. The third-order valence-corrected chi connectivity index (χ3v) is 8.80. The number of carbonyl (C=O) groups is 4. The summed E-state index contributed by atoms with van der Waals surface area (Å²) in [6.45, 7) is -1.61. The monoisotopic (exact) mass is 620 g/mol. The number of carboxylic acids is 1. The molecule has 4 rings (SSSR count). The van der Waals surface area contributed by atoms with Gasteiger partial charge in [-0.25, -0.2) is 9.59 Å². The first kappa shape index (κ1) is 29.3. The number of alkyl halides is 3. The Hall–Kier alpha value is -3.71. The van der Waals surface area contributed by atoms with E-state index in [0.717, 1.165) is 34.1 Å². The van der Waals surface area contributed by atoms with E-state index < -0.39 is 59.9 Å². The molecule has 214 valence electrons. The third kappa shape index (κ3) is 6.53. The fourth-order valence-corrected chi connectivity index (χ4v) is 6.84. The molecule has 40 heavy (non-hydrogen) atoms. The fourth-order valence-electron chi connectivity index (χ4n) is 3.74. The Bertz CT molecular complexity index is 1360. The molecule has 1 fully saturated rings. The number of halogens is 3. The lowest BCUT2D eigenvalue weighted by Gasteiger charge is -2.49. The second-order valence-corrected chi connectivity index (χ2v) is 11.3. The number of urea groups is 1. The highest BCUT2D eigenvalue weighted by atomic mass is 32.2. The second-order valence-electron chi connectivity index (χ2n) is 8.24. The lowest BCUT2D eigenvalue weighted by atomic mass is 10.0. The smallest absolute Gasteiger partial charge is 0.405 e.